The predicted molar refractivity (Wildman–Crippen MR) is 151 cm³/mol. The van der Waals surface area contributed by atoms with E-state index >= 15 is 0 Å². The molecule has 0 saturated heterocycles. The molecule has 38 heavy (non-hydrogen) atoms. The van der Waals surface area contributed by atoms with Gasteiger partial charge in [0.05, 0.1) is 28.7 Å². The van der Waals surface area contributed by atoms with Gasteiger partial charge in [-0.1, -0.05) is 41.4 Å². The molecule has 0 atom stereocenters. The van der Waals surface area contributed by atoms with Gasteiger partial charge in [-0.3, -0.25) is 14.1 Å². The molecule has 0 radical (unpaired) electrons. The number of carboxylic acids is 1. The molecule has 0 bridgehead atoms. The molecular weight excluding hydrogens is 549 g/mol. The van der Waals surface area contributed by atoms with E-state index in [0.717, 1.165) is 33.7 Å². The van der Waals surface area contributed by atoms with Crippen molar-refractivity contribution in [1.29, 1.82) is 0 Å². The van der Waals surface area contributed by atoms with Gasteiger partial charge in [0.15, 0.2) is 0 Å². The molecule has 198 valence electrons. The maximum absolute atomic E-state index is 13.4. The number of benzene rings is 3. The van der Waals surface area contributed by atoms with Crippen LogP contribution in [0.1, 0.15) is 0 Å². The minimum absolute atomic E-state index is 0.123. The Labute approximate surface area is 230 Å². The number of likely N-dealkylation sites (N-methyl/N-ethyl adjacent to an activating group) is 1. The van der Waals surface area contributed by atoms with E-state index in [1.165, 1.54) is 18.2 Å². The Balaban J connectivity index is 1.63. The Morgan fingerprint density at radius 1 is 0.947 bits per heavy atom. The highest BCUT2D eigenvalue weighted by Gasteiger charge is 2.28. The van der Waals surface area contributed by atoms with Crippen molar-refractivity contribution in [3.63, 3.8) is 0 Å². The average molecular weight is 574 g/mol. The molecule has 0 saturated carbocycles. The highest BCUT2D eigenvalue weighted by molar-refractivity contribution is 7.92. The summed E-state index contributed by atoms with van der Waals surface area (Å²) in [6, 6.07) is 14.4. The van der Waals surface area contributed by atoms with Gasteiger partial charge in [-0.15, -0.1) is 0 Å². The minimum atomic E-state index is -4.27. The maximum Gasteiger partial charge on any atom is 0.324 e. The van der Waals surface area contributed by atoms with Crippen molar-refractivity contribution in [1.82, 2.24) is 14.9 Å². The van der Waals surface area contributed by atoms with Crippen molar-refractivity contribution >= 4 is 61.5 Å². The third-order valence-electron chi connectivity index (χ3n) is 5.63. The molecular formula is C26H25Cl2N5O4S. The fourth-order valence-electron chi connectivity index (χ4n) is 3.77. The van der Waals surface area contributed by atoms with Crippen LogP contribution in [-0.2, 0) is 14.8 Å². The molecule has 4 rings (SSSR count). The third-order valence-corrected chi connectivity index (χ3v) is 7.82. The van der Waals surface area contributed by atoms with Crippen molar-refractivity contribution in [2.45, 2.75) is 4.90 Å². The zero-order valence-electron chi connectivity index (χ0n) is 20.6. The lowest BCUT2D eigenvalue weighted by molar-refractivity contribution is -0.135. The molecule has 9 nitrogen and oxygen atoms in total. The van der Waals surface area contributed by atoms with Gasteiger partial charge in [0.25, 0.3) is 10.0 Å². The number of carboxylic acid groups (broad SMARTS) is 1. The number of fused-ring (bicyclic) bond motifs is 1. The van der Waals surface area contributed by atoms with Crippen molar-refractivity contribution < 1.29 is 18.3 Å². The summed E-state index contributed by atoms with van der Waals surface area (Å²) in [5, 5.41) is 14.5. The Bertz CT molecular complexity index is 1560. The molecule has 0 unspecified atom stereocenters. The fourth-order valence-corrected chi connectivity index (χ4v) is 5.90. The molecule has 12 heteroatoms. The monoisotopic (exact) mass is 573 g/mol. The molecule has 0 spiro atoms. The van der Waals surface area contributed by atoms with Crippen LogP contribution in [0, 0.1) is 0 Å². The topological polar surface area (TPSA) is 116 Å². The zero-order chi connectivity index (χ0) is 27.4. The summed E-state index contributed by atoms with van der Waals surface area (Å²) in [5.74, 6) is -0.628. The zero-order valence-corrected chi connectivity index (χ0v) is 22.9. The molecule has 0 aliphatic rings. The maximum atomic E-state index is 13.4. The van der Waals surface area contributed by atoms with Crippen LogP contribution in [0.4, 0.5) is 11.5 Å². The van der Waals surface area contributed by atoms with Crippen LogP contribution in [0.3, 0.4) is 0 Å². The number of carbonyl (C=O) groups is 1. The van der Waals surface area contributed by atoms with Gasteiger partial charge >= 0.3 is 5.97 Å². The predicted octanol–water partition coefficient (Wildman–Crippen LogP) is 4.86. The number of aromatic nitrogens is 2. The molecule has 0 amide bonds. The summed E-state index contributed by atoms with van der Waals surface area (Å²) in [7, 11) is -0.279. The van der Waals surface area contributed by atoms with Crippen LogP contribution in [0.15, 0.2) is 71.9 Å². The van der Waals surface area contributed by atoms with E-state index in [-0.39, 0.29) is 20.6 Å². The van der Waals surface area contributed by atoms with E-state index in [1.54, 1.807) is 30.6 Å². The standard InChI is InChI=1S/C26H25Cl2N5O4S/c1-32(2)8-7-29-25-15-30-24(14-31-25)19-4-3-18-10-22(6-5-17(18)9-19)33(16-26(34)35)38(36,37)23-12-20(27)11-21(28)13-23/h3-6,9-15H,7-8,16H2,1-2H3,(H,29,31)(H,34,35). The Hall–Kier alpha value is -3.44. The van der Waals surface area contributed by atoms with Gasteiger partial charge in [-0.2, -0.15) is 0 Å². The lowest BCUT2D eigenvalue weighted by Crippen LogP contribution is -2.35. The highest BCUT2D eigenvalue weighted by Crippen LogP contribution is 2.31. The van der Waals surface area contributed by atoms with Gasteiger partial charge in [0.2, 0.25) is 0 Å². The minimum Gasteiger partial charge on any atom is -0.480 e. The van der Waals surface area contributed by atoms with Crippen LogP contribution in [0.2, 0.25) is 10.0 Å². The Kier molecular flexibility index (Phi) is 8.37. The van der Waals surface area contributed by atoms with Crippen molar-refractivity contribution in [3.8, 4) is 11.3 Å². The fraction of sp³-hybridized carbons (Fsp3) is 0.192. The van der Waals surface area contributed by atoms with E-state index < -0.39 is 22.5 Å². The Morgan fingerprint density at radius 3 is 2.26 bits per heavy atom. The lowest BCUT2D eigenvalue weighted by atomic mass is 10.0. The smallest absolute Gasteiger partial charge is 0.324 e. The number of aliphatic carboxylic acids is 1. The number of hydrogen-bond donors (Lipinski definition) is 2. The van der Waals surface area contributed by atoms with E-state index in [9.17, 15) is 18.3 Å². The number of nitrogens with one attached hydrogen (secondary N) is 1. The number of halogens is 2. The van der Waals surface area contributed by atoms with E-state index in [1.807, 2.05) is 32.3 Å². The molecule has 4 aromatic rings. The first-order valence-electron chi connectivity index (χ1n) is 11.5. The number of nitrogens with zero attached hydrogens (tertiary/aromatic N) is 4. The molecule has 2 N–H and O–H groups in total. The molecule has 0 fully saturated rings. The SMILES string of the molecule is CN(C)CCNc1cnc(-c2ccc3cc(N(CC(=O)O)S(=O)(=O)c4cc(Cl)cc(Cl)c4)ccc3c2)cn1. The van der Waals surface area contributed by atoms with Crippen LogP contribution >= 0.6 is 23.2 Å². The van der Waals surface area contributed by atoms with Crippen molar-refractivity contribution in [2.24, 2.45) is 0 Å². The van der Waals surface area contributed by atoms with Crippen molar-refractivity contribution in [3.05, 3.63) is 77.0 Å². The summed E-state index contributed by atoms with van der Waals surface area (Å²) < 4.78 is 27.6. The summed E-state index contributed by atoms with van der Waals surface area (Å²) >= 11 is 12.0. The summed E-state index contributed by atoms with van der Waals surface area (Å²) in [6.45, 7) is 0.840. The van der Waals surface area contributed by atoms with Crippen LogP contribution in [0.5, 0.6) is 0 Å². The number of anilines is 2. The molecule has 3 aromatic carbocycles. The third kappa shape index (κ3) is 6.51. The summed E-state index contributed by atoms with van der Waals surface area (Å²) in [4.78, 5) is 22.4. The summed E-state index contributed by atoms with van der Waals surface area (Å²) in [5.41, 5.74) is 1.71. The largest absolute Gasteiger partial charge is 0.480 e. The first-order valence-corrected chi connectivity index (χ1v) is 13.7. The highest BCUT2D eigenvalue weighted by atomic mass is 35.5. The van der Waals surface area contributed by atoms with E-state index in [2.05, 4.69) is 20.2 Å². The van der Waals surface area contributed by atoms with E-state index in [4.69, 9.17) is 23.2 Å². The van der Waals surface area contributed by atoms with Gasteiger partial charge in [0.1, 0.15) is 12.4 Å². The number of hydrogen-bond acceptors (Lipinski definition) is 7. The van der Waals surface area contributed by atoms with Crippen LogP contribution < -0.4 is 9.62 Å². The quantitative estimate of drug-likeness (QED) is 0.276. The molecule has 0 aliphatic heterocycles. The molecule has 0 aliphatic carbocycles. The second-order valence-corrected chi connectivity index (χ2v) is 11.5. The molecule has 1 aromatic heterocycles. The van der Waals surface area contributed by atoms with Crippen LogP contribution in [0.25, 0.3) is 22.0 Å². The van der Waals surface area contributed by atoms with Gasteiger partial charge in [-0.05, 0) is 61.3 Å². The second-order valence-electron chi connectivity index (χ2n) is 8.77. The van der Waals surface area contributed by atoms with Crippen LogP contribution in [-0.4, -0.2) is 68.1 Å². The van der Waals surface area contributed by atoms with Gasteiger partial charge in [0, 0.05) is 28.7 Å². The lowest BCUT2D eigenvalue weighted by Gasteiger charge is -2.23. The first kappa shape index (κ1) is 27.6. The van der Waals surface area contributed by atoms with Gasteiger partial charge < -0.3 is 15.3 Å². The van der Waals surface area contributed by atoms with Gasteiger partial charge in [-0.25, -0.2) is 13.4 Å². The number of sulfonamides is 1. The average Bonchev–Trinajstić information content (AvgIpc) is 2.86. The second kappa shape index (κ2) is 11.5. The van der Waals surface area contributed by atoms with E-state index in [0.29, 0.717) is 11.5 Å². The first-order chi connectivity index (χ1) is 18.0. The summed E-state index contributed by atoms with van der Waals surface area (Å²) in [6.07, 6.45) is 3.36. The molecule has 1 heterocycles. The van der Waals surface area contributed by atoms with Crippen molar-refractivity contribution in [2.75, 3.05) is 43.4 Å². The normalized spacial score (nSPS) is 11.6. The number of rotatable bonds is 10. The Morgan fingerprint density at radius 2 is 1.63 bits per heavy atom.